The van der Waals surface area contributed by atoms with Gasteiger partial charge < -0.3 is 15.3 Å². The van der Waals surface area contributed by atoms with Crippen LogP contribution in [-0.2, 0) is 0 Å². The predicted molar refractivity (Wildman–Crippen MR) is 88.1 cm³/mol. The lowest BCUT2D eigenvalue weighted by Crippen LogP contribution is -2.22. The van der Waals surface area contributed by atoms with Crippen molar-refractivity contribution in [3.05, 3.63) is 56.1 Å². The Balaban J connectivity index is 2.02. The van der Waals surface area contributed by atoms with Gasteiger partial charge in [-0.05, 0) is 49.7 Å². The molecule has 0 saturated heterocycles. The van der Waals surface area contributed by atoms with Gasteiger partial charge in [0.15, 0.2) is 0 Å². The summed E-state index contributed by atoms with van der Waals surface area (Å²) >= 11 is 1.81. The van der Waals surface area contributed by atoms with E-state index >= 15 is 0 Å². The van der Waals surface area contributed by atoms with Gasteiger partial charge in [-0.3, -0.25) is 0 Å². The molecule has 1 atom stereocenters. The molecule has 4 nitrogen and oxygen atoms in total. The van der Waals surface area contributed by atoms with Gasteiger partial charge in [-0.15, -0.1) is 11.3 Å². The topological polar surface area (TPSA) is 60.7 Å². The lowest BCUT2D eigenvalue weighted by molar-refractivity contribution is 0.606. The van der Waals surface area contributed by atoms with Gasteiger partial charge in [-0.2, -0.15) is 0 Å². The number of hydrogen-bond acceptors (Lipinski definition) is 3. The number of aromatic nitrogens is 2. The number of imidazole rings is 1. The van der Waals surface area contributed by atoms with Crippen LogP contribution in [0.3, 0.4) is 0 Å². The van der Waals surface area contributed by atoms with E-state index in [0.717, 1.165) is 24.0 Å². The Labute approximate surface area is 127 Å². The van der Waals surface area contributed by atoms with E-state index in [1.807, 2.05) is 17.4 Å². The van der Waals surface area contributed by atoms with Gasteiger partial charge in [0.05, 0.1) is 17.1 Å². The summed E-state index contributed by atoms with van der Waals surface area (Å²) in [5, 5.41) is 3.60. The first-order valence-electron chi connectivity index (χ1n) is 7.19. The number of benzene rings is 1. The Kier molecular flexibility index (Phi) is 3.94. The minimum absolute atomic E-state index is 0.160. The maximum atomic E-state index is 11.4. The molecule has 3 N–H and O–H groups in total. The molecule has 3 rings (SSSR count). The summed E-state index contributed by atoms with van der Waals surface area (Å²) in [4.78, 5) is 19.6. The molecule has 21 heavy (non-hydrogen) atoms. The van der Waals surface area contributed by atoms with E-state index < -0.39 is 0 Å². The number of hydrogen-bond donors (Lipinski definition) is 3. The molecule has 2 heterocycles. The Hall–Kier alpha value is -1.85. The number of H-pyrrole nitrogens is 2. The molecule has 0 fully saturated rings. The molecule has 0 amide bonds. The number of nitrogens with one attached hydrogen (secondary N) is 3. The van der Waals surface area contributed by atoms with Crippen molar-refractivity contribution in [3.8, 4) is 0 Å². The van der Waals surface area contributed by atoms with Crippen LogP contribution < -0.4 is 11.0 Å². The average Bonchev–Trinajstić information content (AvgIpc) is 3.04. The van der Waals surface area contributed by atoms with Crippen LogP contribution in [0.25, 0.3) is 11.0 Å². The van der Waals surface area contributed by atoms with Crippen molar-refractivity contribution in [3.63, 3.8) is 0 Å². The molecule has 1 aromatic carbocycles. The number of aromatic amines is 2. The molecule has 0 aliphatic carbocycles. The van der Waals surface area contributed by atoms with E-state index in [1.54, 1.807) is 0 Å². The minimum atomic E-state index is -0.160. The SMILES string of the molecule is CCCNC(c1ccc2[nH]c(=O)[nH]c2c1)c1ccc(C)s1. The average molecular weight is 301 g/mol. The summed E-state index contributed by atoms with van der Waals surface area (Å²) in [7, 11) is 0. The third-order valence-corrected chi connectivity index (χ3v) is 4.58. The highest BCUT2D eigenvalue weighted by Gasteiger charge is 2.16. The largest absolute Gasteiger partial charge is 0.323 e. The predicted octanol–water partition coefficient (Wildman–Crippen LogP) is 3.32. The molecular formula is C16H19N3OS. The fourth-order valence-corrected chi connectivity index (χ4v) is 3.49. The fraction of sp³-hybridized carbons (Fsp3) is 0.312. The van der Waals surface area contributed by atoms with Crippen LogP contribution in [0, 0.1) is 6.92 Å². The minimum Gasteiger partial charge on any atom is -0.306 e. The molecule has 0 saturated carbocycles. The van der Waals surface area contributed by atoms with Crippen LogP contribution in [0.5, 0.6) is 0 Å². The second-order valence-corrected chi connectivity index (χ2v) is 6.54. The molecule has 0 radical (unpaired) electrons. The summed E-state index contributed by atoms with van der Waals surface area (Å²) in [5.41, 5.74) is 2.72. The number of thiophene rings is 1. The van der Waals surface area contributed by atoms with Crippen LogP contribution >= 0.6 is 11.3 Å². The lowest BCUT2D eigenvalue weighted by Gasteiger charge is -2.17. The Morgan fingerprint density at radius 3 is 2.71 bits per heavy atom. The monoisotopic (exact) mass is 301 g/mol. The van der Waals surface area contributed by atoms with Crippen molar-refractivity contribution in [1.29, 1.82) is 0 Å². The van der Waals surface area contributed by atoms with E-state index in [2.05, 4.69) is 53.4 Å². The zero-order valence-corrected chi connectivity index (χ0v) is 13.0. The van der Waals surface area contributed by atoms with Crippen LogP contribution in [0.4, 0.5) is 0 Å². The molecule has 0 spiro atoms. The number of fused-ring (bicyclic) bond motifs is 1. The van der Waals surface area contributed by atoms with Gasteiger partial charge in [0.25, 0.3) is 0 Å². The second-order valence-electron chi connectivity index (χ2n) is 5.22. The van der Waals surface area contributed by atoms with Gasteiger partial charge in [0.1, 0.15) is 0 Å². The number of rotatable bonds is 5. The van der Waals surface area contributed by atoms with Crippen molar-refractivity contribution < 1.29 is 0 Å². The number of aryl methyl sites for hydroxylation is 1. The Bertz CT molecular complexity index is 799. The molecule has 2 aromatic heterocycles. The maximum absolute atomic E-state index is 11.4. The highest BCUT2D eigenvalue weighted by Crippen LogP contribution is 2.29. The second kappa shape index (κ2) is 5.87. The molecule has 3 aromatic rings. The van der Waals surface area contributed by atoms with Crippen molar-refractivity contribution >= 4 is 22.4 Å². The van der Waals surface area contributed by atoms with E-state index in [1.165, 1.54) is 15.3 Å². The van der Waals surface area contributed by atoms with E-state index in [0.29, 0.717) is 0 Å². The fourth-order valence-electron chi connectivity index (χ4n) is 2.51. The molecule has 110 valence electrons. The Morgan fingerprint density at radius 2 is 2.00 bits per heavy atom. The third kappa shape index (κ3) is 2.94. The quantitative estimate of drug-likeness (QED) is 0.677. The van der Waals surface area contributed by atoms with E-state index in [4.69, 9.17) is 0 Å². The zero-order chi connectivity index (χ0) is 14.8. The zero-order valence-electron chi connectivity index (χ0n) is 12.2. The lowest BCUT2D eigenvalue weighted by atomic mass is 10.0. The van der Waals surface area contributed by atoms with Gasteiger partial charge in [-0.25, -0.2) is 4.79 Å². The van der Waals surface area contributed by atoms with Gasteiger partial charge in [0, 0.05) is 9.75 Å². The first-order valence-corrected chi connectivity index (χ1v) is 8.00. The summed E-state index contributed by atoms with van der Waals surface area (Å²) < 4.78 is 0. The van der Waals surface area contributed by atoms with E-state index in [9.17, 15) is 4.79 Å². The van der Waals surface area contributed by atoms with Crippen molar-refractivity contribution in [1.82, 2.24) is 15.3 Å². The van der Waals surface area contributed by atoms with Crippen molar-refractivity contribution in [2.24, 2.45) is 0 Å². The summed E-state index contributed by atoms with van der Waals surface area (Å²) in [6, 6.07) is 10.6. The molecule has 0 aliphatic heterocycles. The Morgan fingerprint density at radius 1 is 1.19 bits per heavy atom. The summed E-state index contributed by atoms with van der Waals surface area (Å²) in [6.45, 7) is 5.25. The summed E-state index contributed by atoms with van der Waals surface area (Å²) in [5.74, 6) is 0. The van der Waals surface area contributed by atoms with E-state index in [-0.39, 0.29) is 11.7 Å². The highest BCUT2D eigenvalue weighted by molar-refractivity contribution is 7.12. The van der Waals surface area contributed by atoms with Crippen molar-refractivity contribution in [2.75, 3.05) is 6.54 Å². The molecule has 0 aliphatic rings. The van der Waals surface area contributed by atoms with Crippen molar-refractivity contribution in [2.45, 2.75) is 26.3 Å². The van der Waals surface area contributed by atoms with Gasteiger partial charge in [-0.1, -0.05) is 13.0 Å². The molecule has 0 bridgehead atoms. The molecular weight excluding hydrogens is 282 g/mol. The van der Waals surface area contributed by atoms with Crippen LogP contribution in [0.15, 0.2) is 35.1 Å². The van der Waals surface area contributed by atoms with Crippen LogP contribution in [0.2, 0.25) is 0 Å². The summed E-state index contributed by atoms with van der Waals surface area (Å²) in [6.07, 6.45) is 1.09. The van der Waals surface area contributed by atoms with Crippen LogP contribution in [-0.4, -0.2) is 16.5 Å². The first-order chi connectivity index (χ1) is 10.2. The normalized spacial score (nSPS) is 12.9. The standard InChI is InChI=1S/C16H19N3OS/c1-3-8-17-15(14-7-4-10(2)21-14)11-5-6-12-13(9-11)19-16(20)18-12/h4-7,9,15,17H,3,8H2,1-2H3,(H2,18,19,20). The molecule has 1 unspecified atom stereocenters. The van der Waals surface area contributed by atoms with Gasteiger partial charge in [0.2, 0.25) is 0 Å². The first kappa shape index (κ1) is 14.1. The highest BCUT2D eigenvalue weighted by atomic mass is 32.1. The smallest absolute Gasteiger partial charge is 0.306 e. The van der Waals surface area contributed by atoms with Crippen LogP contribution in [0.1, 0.15) is 34.7 Å². The third-order valence-electron chi connectivity index (χ3n) is 3.52. The van der Waals surface area contributed by atoms with Gasteiger partial charge >= 0.3 is 5.69 Å². The molecule has 5 heteroatoms. The maximum Gasteiger partial charge on any atom is 0.323 e.